The van der Waals surface area contributed by atoms with Crippen LogP contribution in [0.2, 0.25) is 0 Å². The van der Waals surface area contributed by atoms with Gasteiger partial charge in [0.25, 0.3) is 0 Å². The van der Waals surface area contributed by atoms with E-state index < -0.39 is 0 Å². The first kappa shape index (κ1) is 16.9. The van der Waals surface area contributed by atoms with Gasteiger partial charge in [-0.25, -0.2) is 15.0 Å². The Morgan fingerprint density at radius 1 is 0.778 bits per heavy atom. The maximum absolute atomic E-state index is 4.75. The van der Waals surface area contributed by atoms with Crippen molar-refractivity contribution in [3.63, 3.8) is 0 Å². The molecule has 0 amide bonds. The third-order valence-electron chi connectivity index (χ3n) is 5.63. The van der Waals surface area contributed by atoms with Crippen molar-refractivity contribution in [1.29, 1.82) is 0 Å². The van der Waals surface area contributed by atoms with E-state index in [1.807, 2.05) is 12.4 Å². The molecular formula is C21H25N5S. The van der Waals surface area contributed by atoms with Crippen LogP contribution in [-0.2, 0) is 0 Å². The summed E-state index contributed by atoms with van der Waals surface area (Å²) in [4.78, 5) is 18.9. The Morgan fingerprint density at radius 3 is 2.22 bits per heavy atom. The van der Waals surface area contributed by atoms with Gasteiger partial charge in [0.15, 0.2) is 5.65 Å². The van der Waals surface area contributed by atoms with Gasteiger partial charge in [-0.3, -0.25) is 0 Å². The van der Waals surface area contributed by atoms with Gasteiger partial charge in [0.05, 0.1) is 16.6 Å². The van der Waals surface area contributed by atoms with Crippen molar-refractivity contribution in [1.82, 2.24) is 15.0 Å². The van der Waals surface area contributed by atoms with E-state index in [9.17, 15) is 0 Å². The van der Waals surface area contributed by atoms with E-state index in [1.165, 1.54) is 44.2 Å². The highest BCUT2D eigenvalue weighted by molar-refractivity contribution is 7.21. The normalized spacial score (nSPS) is 18.2. The van der Waals surface area contributed by atoms with E-state index in [2.05, 4.69) is 33.0 Å². The molecule has 6 heteroatoms. The third kappa shape index (κ3) is 3.50. The number of fused-ring (bicyclic) bond motifs is 1. The van der Waals surface area contributed by atoms with Gasteiger partial charge in [-0.05, 0) is 56.7 Å². The number of hydrogen-bond acceptors (Lipinski definition) is 6. The Bertz CT molecular complexity index is 908. The van der Waals surface area contributed by atoms with Gasteiger partial charge < -0.3 is 9.80 Å². The number of thiazole rings is 1. The molecule has 0 atom stereocenters. The third-order valence-corrected chi connectivity index (χ3v) is 6.67. The summed E-state index contributed by atoms with van der Waals surface area (Å²) in [5.41, 5.74) is 3.16. The topological polar surface area (TPSA) is 45.2 Å². The van der Waals surface area contributed by atoms with Crippen LogP contribution in [0.15, 0.2) is 30.6 Å². The predicted octanol–water partition coefficient (Wildman–Crippen LogP) is 4.73. The minimum absolute atomic E-state index is 0.843. The maximum atomic E-state index is 4.75. The van der Waals surface area contributed by atoms with Crippen LogP contribution < -0.4 is 9.80 Å². The second kappa shape index (κ2) is 7.43. The minimum atomic E-state index is 0.843. The first-order chi connectivity index (χ1) is 13.4. The second-order valence-electron chi connectivity index (χ2n) is 7.53. The molecule has 2 saturated heterocycles. The number of piperidine rings is 2. The summed E-state index contributed by atoms with van der Waals surface area (Å²) in [5, 5.41) is 1.01. The van der Waals surface area contributed by atoms with Crippen molar-refractivity contribution < 1.29 is 0 Å². The largest absolute Gasteiger partial charge is 0.370 e. The summed E-state index contributed by atoms with van der Waals surface area (Å²) in [5.74, 6) is 1.09. The summed E-state index contributed by atoms with van der Waals surface area (Å²) in [7, 11) is 0. The highest BCUT2D eigenvalue weighted by Crippen LogP contribution is 2.32. The summed E-state index contributed by atoms with van der Waals surface area (Å²) in [6, 6.07) is 6.55. The Labute approximate surface area is 164 Å². The van der Waals surface area contributed by atoms with Crippen LogP contribution in [0, 0.1) is 0 Å². The van der Waals surface area contributed by atoms with Gasteiger partial charge in [-0.1, -0.05) is 0 Å². The zero-order valence-electron chi connectivity index (χ0n) is 15.6. The Hall–Kier alpha value is -2.21. The maximum Gasteiger partial charge on any atom is 0.171 e. The second-order valence-corrected chi connectivity index (χ2v) is 8.57. The van der Waals surface area contributed by atoms with Gasteiger partial charge in [0, 0.05) is 37.9 Å². The molecule has 0 radical (unpaired) electrons. The lowest BCUT2D eigenvalue weighted by Crippen LogP contribution is -2.29. The molecule has 2 fully saturated rings. The molecule has 5 rings (SSSR count). The molecule has 0 unspecified atom stereocenters. The van der Waals surface area contributed by atoms with Crippen molar-refractivity contribution in [3.05, 3.63) is 30.6 Å². The van der Waals surface area contributed by atoms with Crippen LogP contribution in [-0.4, -0.2) is 41.1 Å². The van der Waals surface area contributed by atoms with Crippen LogP contribution in [0.25, 0.3) is 20.9 Å². The highest BCUT2D eigenvalue weighted by Gasteiger charge is 2.15. The number of nitrogens with zero attached hydrogens (tertiary/aromatic N) is 5. The van der Waals surface area contributed by atoms with Crippen LogP contribution >= 0.6 is 11.3 Å². The molecule has 5 nitrogen and oxygen atoms in total. The number of rotatable bonds is 3. The molecular weight excluding hydrogens is 354 g/mol. The predicted molar refractivity (Wildman–Crippen MR) is 113 cm³/mol. The average molecular weight is 380 g/mol. The molecule has 0 aromatic carbocycles. The molecule has 0 spiro atoms. The molecule has 2 aliphatic heterocycles. The molecule has 0 N–H and O–H groups in total. The fourth-order valence-corrected chi connectivity index (χ4v) is 5.03. The average Bonchev–Trinajstić information content (AvgIpc) is 3.18. The summed E-state index contributed by atoms with van der Waals surface area (Å²) in [6.45, 7) is 4.52. The number of hydrogen-bond donors (Lipinski definition) is 0. The van der Waals surface area contributed by atoms with Crippen LogP contribution in [0.5, 0.6) is 0 Å². The van der Waals surface area contributed by atoms with Gasteiger partial charge in [0.2, 0.25) is 0 Å². The zero-order valence-corrected chi connectivity index (χ0v) is 16.4. The fourth-order valence-electron chi connectivity index (χ4n) is 4.08. The molecule has 0 aliphatic carbocycles. The number of pyridine rings is 2. The monoisotopic (exact) mass is 379 g/mol. The number of aromatic nitrogens is 3. The highest BCUT2D eigenvalue weighted by atomic mass is 32.1. The number of anilines is 2. The van der Waals surface area contributed by atoms with E-state index in [-0.39, 0.29) is 0 Å². The SMILES string of the molecule is c1cc(N2CCCCC2)ncc1-c1nc2ncc(N3CCCCC3)cc2s1. The van der Waals surface area contributed by atoms with Crippen LogP contribution in [0.3, 0.4) is 0 Å². The van der Waals surface area contributed by atoms with E-state index in [4.69, 9.17) is 9.97 Å². The minimum Gasteiger partial charge on any atom is -0.370 e. The molecule has 140 valence electrons. The molecule has 0 bridgehead atoms. The first-order valence-electron chi connectivity index (χ1n) is 10.1. The van der Waals surface area contributed by atoms with E-state index in [0.717, 1.165) is 52.9 Å². The van der Waals surface area contributed by atoms with Gasteiger partial charge in [-0.15, -0.1) is 11.3 Å². The molecule has 3 aromatic rings. The molecule has 5 heterocycles. The molecule has 2 aliphatic rings. The van der Waals surface area contributed by atoms with E-state index >= 15 is 0 Å². The zero-order chi connectivity index (χ0) is 18.1. The molecule has 27 heavy (non-hydrogen) atoms. The summed E-state index contributed by atoms with van der Waals surface area (Å²) >= 11 is 1.72. The molecule has 3 aromatic heterocycles. The van der Waals surface area contributed by atoms with Crippen molar-refractivity contribution in [2.24, 2.45) is 0 Å². The van der Waals surface area contributed by atoms with Crippen LogP contribution in [0.1, 0.15) is 38.5 Å². The van der Waals surface area contributed by atoms with E-state index in [0.29, 0.717) is 0 Å². The lowest BCUT2D eigenvalue weighted by molar-refractivity contribution is 0.573. The van der Waals surface area contributed by atoms with Crippen molar-refractivity contribution in [3.8, 4) is 10.6 Å². The molecule has 0 saturated carbocycles. The van der Waals surface area contributed by atoms with Crippen LogP contribution in [0.4, 0.5) is 11.5 Å². The van der Waals surface area contributed by atoms with Crippen molar-refractivity contribution in [2.45, 2.75) is 38.5 Å². The Morgan fingerprint density at radius 2 is 1.52 bits per heavy atom. The Balaban J connectivity index is 1.39. The standard InChI is InChI=1S/C21H25N5S/c1-3-9-25(10-4-1)17-13-18-20(23-15-17)24-21(27-18)16-7-8-19(22-14-16)26-11-5-2-6-12-26/h7-8,13-15H,1-6,9-12H2. The van der Waals surface area contributed by atoms with Gasteiger partial charge >= 0.3 is 0 Å². The quantitative estimate of drug-likeness (QED) is 0.658. The smallest absolute Gasteiger partial charge is 0.171 e. The first-order valence-corrected chi connectivity index (χ1v) is 10.9. The van der Waals surface area contributed by atoms with Crippen molar-refractivity contribution in [2.75, 3.05) is 36.0 Å². The Kier molecular flexibility index (Phi) is 4.66. The lowest BCUT2D eigenvalue weighted by Gasteiger charge is -2.28. The summed E-state index contributed by atoms with van der Waals surface area (Å²) < 4.78 is 1.16. The fraction of sp³-hybridized carbons (Fsp3) is 0.476. The van der Waals surface area contributed by atoms with E-state index in [1.54, 1.807) is 11.3 Å². The summed E-state index contributed by atoms with van der Waals surface area (Å²) in [6.07, 6.45) is 11.7. The van der Waals surface area contributed by atoms with Crippen molar-refractivity contribution >= 4 is 33.2 Å². The lowest BCUT2D eigenvalue weighted by atomic mass is 10.1. The van der Waals surface area contributed by atoms with Gasteiger partial charge in [0.1, 0.15) is 10.8 Å². The van der Waals surface area contributed by atoms with Gasteiger partial charge in [-0.2, -0.15) is 0 Å².